The van der Waals surface area contributed by atoms with Gasteiger partial charge in [0, 0.05) is 26.1 Å². The average molecular weight is 246 g/mol. The molecular formula is C15H22N2O. The standard InChI is InChI=1S/C15H22N2O/c1-2-16-10-9-15(18)17-11-5-8-13-6-3-4-7-14(13)12-17/h3-4,6-7,16H,2,5,8-12H2,1H3. The first-order chi connectivity index (χ1) is 8.81. The summed E-state index contributed by atoms with van der Waals surface area (Å²) in [7, 11) is 0. The van der Waals surface area contributed by atoms with Crippen LogP contribution in [-0.4, -0.2) is 30.4 Å². The summed E-state index contributed by atoms with van der Waals surface area (Å²) < 4.78 is 0. The van der Waals surface area contributed by atoms with Crippen molar-refractivity contribution >= 4 is 5.91 Å². The van der Waals surface area contributed by atoms with Gasteiger partial charge in [-0.05, 0) is 30.5 Å². The Morgan fingerprint density at radius 2 is 2.11 bits per heavy atom. The molecule has 0 fully saturated rings. The molecule has 0 atom stereocenters. The van der Waals surface area contributed by atoms with Gasteiger partial charge < -0.3 is 10.2 Å². The van der Waals surface area contributed by atoms with Crippen LogP contribution in [0.3, 0.4) is 0 Å². The van der Waals surface area contributed by atoms with Crippen molar-refractivity contribution in [3.8, 4) is 0 Å². The molecule has 1 aromatic rings. The zero-order valence-corrected chi connectivity index (χ0v) is 11.1. The van der Waals surface area contributed by atoms with Gasteiger partial charge in [-0.1, -0.05) is 31.2 Å². The Labute approximate surface area is 109 Å². The monoisotopic (exact) mass is 246 g/mol. The fraction of sp³-hybridized carbons (Fsp3) is 0.533. The first-order valence-corrected chi connectivity index (χ1v) is 6.86. The number of hydrogen-bond donors (Lipinski definition) is 1. The number of amides is 1. The summed E-state index contributed by atoms with van der Waals surface area (Å²) >= 11 is 0. The Bertz CT molecular complexity index is 403. The molecule has 18 heavy (non-hydrogen) atoms. The summed E-state index contributed by atoms with van der Waals surface area (Å²) in [6, 6.07) is 8.47. The minimum Gasteiger partial charge on any atom is -0.338 e. The number of carbonyl (C=O) groups excluding carboxylic acids is 1. The molecule has 2 rings (SSSR count). The van der Waals surface area contributed by atoms with Crippen molar-refractivity contribution in [1.29, 1.82) is 0 Å². The third kappa shape index (κ3) is 3.33. The van der Waals surface area contributed by atoms with Gasteiger partial charge >= 0.3 is 0 Å². The average Bonchev–Trinajstić information content (AvgIpc) is 2.61. The predicted molar refractivity (Wildman–Crippen MR) is 73.3 cm³/mol. The zero-order valence-electron chi connectivity index (χ0n) is 11.1. The zero-order chi connectivity index (χ0) is 12.8. The highest BCUT2D eigenvalue weighted by Gasteiger charge is 2.17. The summed E-state index contributed by atoms with van der Waals surface area (Å²) in [5.74, 6) is 0.271. The molecule has 0 aliphatic carbocycles. The van der Waals surface area contributed by atoms with Crippen molar-refractivity contribution in [2.75, 3.05) is 19.6 Å². The highest BCUT2D eigenvalue weighted by Crippen LogP contribution is 2.18. The lowest BCUT2D eigenvalue weighted by Crippen LogP contribution is -2.33. The summed E-state index contributed by atoms with van der Waals surface area (Å²) in [5, 5.41) is 3.21. The normalized spacial score (nSPS) is 15.1. The smallest absolute Gasteiger partial charge is 0.224 e. The molecule has 1 aliphatic heterocycles. The molecule has 1 amide bonds. The topological polar surface area (TPSA) is 32.3 Å². The molecule has 0 aromatic heterocycles. The molecule has 1 aromatic carbocycles. The van der Waals surface area contributed by atoms with E-state index in [1.807, 2.05) is 4.90 Å². The van der Waals surface area contributed by atoms with Crippen LogP contribution in [-0.2, 0) is 17.8 Å². The molecular weight excluding hydrogens is 224 g/mol. The van der Waals surface area contributed by atoms with E-state index in [0.29, 0.717) is 6.42 Å². The number of nitrogens with zero attached hydrogens (tertiary/aromatic N) is 1. The van der Waals surface area contributed by atoms with Crippen LogP contribution in [0.15, 0.2) is 24.3 Å². The fourth-order valence-electron chi connectivity index (χ4n) is 2.44. The predicted octanol–water partition coefficient (Wildman–Crippen LogP) is 1.96. The fourth-order valence-corrected chi connectivity index (χ4v) is 2.44. The number of rotatable bonds is 4. The van der Waals surface area contributed by atoms with Gasteiger partial charge in [-0.3, -0.25) is 4.79 Å². The summed E-state index contributed by atoms with van der Waals surface area (Å²) in [6.45, 7) is 5.44. The molecule has 0 saturated heterocycles. The maximum atomic E-state index is 12.1. The second-order valence-corrected chi connectivity index (χ2v) is 4.79. The van der Waals surface area contributed by atoms with Gasteiger partial charge in [0.2, 0.25) is 5.91 Å². The number of fused-ring (bicyclic) bond motifs is 1. The van der Waals surface area contributed by atoms with Crippen LogP contribution in [0.25, 0.3) is 0 Å². The number of carbonyl (C=O) groups is 1. The molecule has 0 saturated carbocycles. The highest BCUT2D eigenvalue weighted by molar-refractivity contribution is 5.76. The Morgan fingerprint density at radius 3 is 2.89 bits per heavy atom. The quantitative estimate of drug-likeness (QED) is 0.824. The molecule has 3 heteroatoms. The van der Waals surface area contributed by atoms with Crippen LogP contribution in [0.1, 0.15) is 30.9 Å². The van der Waals surface area contributed by atoms with Crippen molar-refractivity contribution in [2.24, 2.45) is 0 Å². The van der Waals surface area contributed by atoms with Crippen molar-refractivity contribution in [3.05, 3.63) is 35.4 Å². The van der Waals surface area contributed by atoms with E-state index in [9.17, 15) is 4.79 Å². The third-order valence-electron chi connectivity index (χ3n) is 3.47. The van der Waals surface area contributed by atoms with Gasteiger partial charge in [-0.2, -0.15) is 0 Å². The minimum atomic E-state index is 0.271. The highest BCUT2D eigenvalue weighted by atomic mass is 16.2. The second-order valence-electron chi connectivity index (χ2n) is 4.79. The second kappa shape index (κ2) is 6.55. The van der Waals surface area contributed by atoms with Crippen LogP contribution >= 0.6 is 0 Å². The Balaban J connectivity index is 1.97. The Kier molecular flexibility index (Phi) is 4.76. The largest absolute Gasteiger partial charge is 0.338 e. The van der Waals surface area contributed by atoms with Crippen LogP contribution in [0, 0.1) is 0 Å². The van der Waals surface area contributed by atoms with Crippen LogP contribution in [0.5, 0.6) is 0 Å². The molecule has 0 unspecified atom stereocenters. The van der Waals surface area contributed by atoms with Crippen molar-refractivity contribution < 1.29 is 4.79 Å². The van der Waals surface area contributed by atoms with Gasteiger partial charge in [-0.25, -0.2) is 0 Å². The van der Waals surface area contributed by atoms with E-state index >= 15 is 0 Å². The molecule has 1 heterocycles. The Morgan fingerprint density at radius 1 is 1.33 bits per heavy atom. The van der Waals surface area contributed by atoms with E-state index in [0.717, 1.165) is 39.0 Å². The maximum Gasteiger partial charge on any atom is 0.224 e. The molecule has 1 aliphatic rings. The molecule has 0 radical (unpaired) electrons. The van der Waals surface area contributed by atoms with Crippen LogP contribution < -0.4 is 5.32 Å². The SMILES string of the molecule is CCNCCC(=O)N1CCCc2ccccc2C1. The maximum absolute atomic E-state index is 12.1. The summed E-state index contributed by atoms with van der Waals surface area (Å²) in [5.41, 5.74) is 2.71. The number of aryl methyl sites for hydroxylation is 1. The molecule has 0 spiro atoms. The van der Waals surface area contributed by atoms with Gasteiger partial charge in [0.25, 0.3) is 0 Å². The van der Waals surface area contributed by atoms with E-state index in [1.165, 1.54) is 11.1 Å². The minimum absolute atomic E-state index is 0.271. The van der Waals surface area contributed by atoms with Crippen LogP contribution in [0.2, 0.25) is 0 Å². The lowest BCUT2D eigenvalue weighted by molar-refractivity contribution is -0.131. The lowest BCUT2D eigenvalue weighted by Gasteiger charge is -2.21. The Hall–Kier alpha value is -1.35. The molecule has 98 valence electrons. The van der Waals surface area contributed by atoms with E-state index in [4.69, 9.17) is 0 Å². The van der Waals surface area contributed by atoms with Crippen molar-refractivity contribution in [1.82, 2.24) is 10.2 Å². The molecule has 1 N–H and O–H groups in total. The molecule has 0 bridgehead atoms. The first-order valence-electron chi connectivity index (χ1n) is 6.86. The summed E-state index contributed by atoms with van der Waals surface area (Å²) in [4.78, 5) is 14.1. The number of nitrogens with one attached hydrogen (secondary N) is 1. The first kappa shape index (κ1) is 13.1. The van der Waals surface area contributed by atoms with Gasteiger partial charge in [0.1, 0.15) is 0 Å². The van der Waals surface area contributed by atoms with Gasteiger partial charge in [-0.15, -0.1) is 0 Å². The molecule has 3 nitrogen and oxygen atoms in total. The van der Waals surface area contributed by atoms with Crippen LogP contribution in [0.4, 0.5) is 0 Å². The lowest BCUT2D eigenvalue weighted by atomic mass is 10.0. The van der Waals surface area contributed by atoms with Gasteiger partial charge in [0.15, 0.2) is 0 Å². The number of hydrogen-bond acceptors (Lipinski definition) is 2. The number of benzene rings is 1. The van der Waals surface area contributed by atoms with E-state index in [-0.39, 0.29) is 5.91 Å². The van der Waals surface area contributed by atoms with Gasteiger partial charge in [0.05, 0.1) is 0 Å². The van der Waals surface area contributed by atoms with Crippen molar-refractivity contribution in [3.63, 3.8) is 0 Å². The van der Waals surface area contributed by atoms with E-state index < -0.39 is 0 Å². The summed E-state index contributed by atoms with van der Waals surface area (Å²) in [6.07, 6.45) is 2.77. The van der Waals surface area contributed by atoms with E-state index in [1.54, 1.807) is 0 Å². The van der Waals surface area contributed by atoms with Crippen molar-refractivity contribution in [2.45, 2.75) is 32.7 Å². The third-order valence-corrected chi connectivity index (χ3v) is 3.47. The van der Waals surface area contributed by atoms with E-state index in [2.05, 4.69) is 36.5 Å².